The summed E-state index contributed by atoms with van der Waals surface area (Å²) in [7, 11) is 0. The van der Waals surface area contributed by atoms with E-state index in [0.29, 0.717) is 5.41 Å². The molecular weight excluding hydrogens is 156 g/mol. The summed E-state index contributed by atoms with van der Waals surface area (Å²) < 4.78 is 0. The molecule has 0 saturated heterocycles. The Morgan fingerprint density at radius 3 is 2.38 bits per heavy atom. The van der Waals surface area contributed by atoms with Gasteiger partial charge >= 0.3 is 0 Å². The number of rotatable bonds is 4. The Kier molecular flexibility index (Phi) is 3.21. The van der Waals surface area contributed by atoms with Crippen LogP contribution < -0.4 is 0 Å². The molecule has 0 heterocycles. The molecule has 0 aromatic heterocycles. The smallest absolute Gasteiger partial charge is 0.00903 e. The zero-order chi connectivity index (χ0) is 10.1. The molecule has 0 bridgehead atoms. The van der Waals surface area contributed by atoms with Crippen molar-refractivity contribution in [2.45, 2.75) is 53.4 Å². The van der Waals surface area contributed by atoms with Crippen LogP contribution in [0.3, 0.4) is 0 Å². The third kappa shape index (κ3) is 1.98. The zero-order valence-electron chi connectivity index (χ0n) is 9.69. The van der Waals surface area contributed by atoms with Crippen molar-refractivity contribution in [1.82, 2.24) is 0 Å². The Bertz CT molecular complexity index is 192. The predicted molar refractivity (Wildman–Crippen MR) is 59.7 cm³/mol. The van der Waals surface area contributed by atoms with Crippen molar-refractivity contribution >= 4 is 0 Å². The van der Waals surface area contributed by atoms with Crippen molar-refractivity contribution in [3.63, 3.8) is 0 Å². The van der Waals surface area contributed by atoms with Gasteiger partial charge < -0.3 is 0 Å². The van der Waals surface area contributed by atoms with Gasteiger partial charge in [0.25, 0.3) is 0 Å². The van der Waals surface area contributed by atoms with E-state index in [0.717, 1.165) is 11.8 Å². The lowest BCUT2D eigenvalue weighted by Gasteiger charge is -2.47. The van der Waals surface area contributed by atoms with Crippen LogP contribution >= 0.6 is 0 Å². The van der Waals surface area contributed by atoms with Crippen molar-refractivity contribution in [3.05, 3.63) is 12.2 Å². The highest BCUT2D eigenvalue weighted by atomic mass is 14.4. The minimum absolute atomic E-state index is 0.476. The standard InChI is InChI=1S/C13H24/c1-6-10(2)9-12(4)13(5)8-7-11(13)3/h10,12H,3,6-9H2,1-2,4-5H3. The molecule has 13 heavy (non-hydrogen) atoms. The van der Waals surface area contributed by atoms with Crippen molar-refractivity contribution in [1.29, 1.82) is 0 Å². The van der Waals surface area contributed by atoms with Crippen LogP contribution in [-0.2, 0) is 0 Å². The molecule has 76 valence electrons. The molecule has 1 fully saturated rings. The zero-order valence-corrected chi connectivity index (χ0v) is 9.69. The molecule has 1 saturated carbocycles. The number of hydrogen-bond donors (Lipinski definition) is 0. The normalized spacial score (nSPS) is 32.5. The van der Waals surface area contributed by atoms with Gasteiger partial charge in [0.15, 0.2) is 0 Å². The summed E-state index contributed by atoms with van der Waals surface area (Å²) in [5.41, 5.74) is 1.96. The second-order valence-electron chi connectivity index (χ2n) is 5.17. The SMILES string of the molecule is C=C1CCC1(C)C(C)CC(C)CC. The van der Waals surface area contributed by atoms with Crippen molar-refractivity contribution < 1.29 is 0 Å². The van der Waals surface area contributed by atoms with E-state index in [1.807, 2.05) is 0 Å². The molecule has 1 aliphatic carbocycles. The van der Waals surface area contributed by atoms with Crippen LogP contribution in [0.15, 0.2) is 12.2 Å². The van der Waals surface area contributed by atoms with Gasteiger partial charge in [0.05, 0.1) is 0 Å². The molecule has 0 nitrogen and oxygen atoms in total. The minimum atomic E-state index is 0.476. The summed E-state index contributed by atoms with van der Waals surface area (Å²) >= 11 is 0. The second kappa shape index (κ2) is 3.86. The first-order valence-electron chi connectivity index (χ1n) is 5.69. The lowest BCUT2D eigenvalue weighted by molar-refractivity contribution is 0.144. The fraction of sp³-hybridized carbons (Fsp3) is 0.846. The molecular formula is C13H24. The van der Waals surface area contributed by atoms with Crippen LogP contribution in [0, 0.1) is 17.3 Å². The van der Waals surface area contributed by atoms with Gasteiger partial charge in [-0.15, -0.1) is 0 Å². The van der Waals surface area contributed by atoms with Crippen LogP contribution in [0.5, 0.6) is 0 Å². The minimum Gasteiger partial charge on any atom is -0.0993 e. The van der Waals surface area contributed by atoms with E-state index in [-0.39, 0.29) is 0 Å². The maximum Gasteiger partial charge on any atom is -0.00903 e. The Morgan fingerprint density at radius 1 is 1.46 bits per heavy atom. The lowest BCUT2D eigenvalue weighted by atomic mass is 9.58. The number of allylic oxidation sites excluding steroid dienone is 1. The highest BCUT2D eigenvalue weighted by Crippen LogP contribution is 2.52. The lowest BCUT2D eigenvalue weighted by Crippen LogP contribution is -2.36. The molecule has 0 heteroatoms. The molecule has 0 amide bonds. The van der Waals surface area contributed by atoms with E-state index in [4.69, 9.17) is 0 Å². The third-order valence-corrected chi connectivity index (χ3v) is 4.29. The Morgan fingerprint density at radius 2 is 2.08 bits per heavy atom. The molecule has 0 radical (unpaired) electrons. The van der Waals surface area contributed by atoms with Gasteiger partial charge in [-0.1, -0.05) is 46.3 Å². The average Bonchev–Trinajstić information content (AvgIpc) is 2.13. The maximum absolute atomic E-state index is 4.17. The van der Waals surface area contributed by atoms with E-state index in [9.17, 15) is 0 Å². The molecule has 0 N–H and O–H groups in total. The summed E-state index contributed by atoms with van der Waals surface area (Å²) in [4.78, 5) is 0. The van der Waals surface area contributed by atoms with Crippen LogP contribution in [0.25, 0.3) is 0 Å². The molecule has 0 aromatic carbocycles. The first-order chi connectivity index (χ1) is 6.00. The first kappa shape index (κ1) is 10.8. The van der Waals surface area contributed by atoms with Gasteiger partial charge in [-0.3, -0.25) is 0 Å². The Balaban J connectivity index is 2.47. The molecule has 1 aliphatic rings. The van der Waals surface area contributed by atoms with Gasteiger partial charge in [0.1, 0.15) is 0 Å². The summed E-state index contributed by atoms with van der Waals surface area (Å²) in [6.07, 6.45) is 5.31. The quantitative estimate of drug-likeness (QED) is 0.562. The average molecular weight is 180 g/mol. The van der Waals surface area contributed by atoms with Crippen LogP contribution in [0.2, 0.25) is 0 Å². The van der Waals surface area contributed by atoms with E-state index >= 15 is 0 Å². The van der Waals surface area contributed by atoms with Crippen molar-refractivity contribution in [3.8, 4) is 0 Å². The second-order valence-corrected chi connectivity index (χ2v) is 5.17. The number of hydrogen-bond acceptors (Lipinski definition) is 0. The summed E-state index contributed by atoms with van der Waals surface area (Å²) in [6.45, 7) is 13.6. The van der Waals surface area contributed by atoms with Gasteiger partial charge in [0.2, 0.25) is 0 Å². The summed E-state index contributed by atoms with van der Waals surface area (Å²) in [5.74, 6) is 1.70. The monoisotopic (exact) mass is 180 g/mol. The Labute approximate surface area is 83.4 Å². The van der Waals surface area contributed by atoms with E-state index in [1.54, 1.807) is 0 Å². The predicted octanol–water partition coefficient (Wildman–Crippen LogP) is 4.42. The van der Waals surface area contributed by atoms with E-state index < -0.39 is 0 Å². The largest absolute Gasteiger partial charge is 0.0993 e. The summed E-state index contributed by atoms with van der Waals surface area (Å²) in [5, 5.41) is 0. The summed E-state index contributed by atoms with van der Waals surface area (Å²) in [6, 6.07) is 0. The van der Waals surface area contributed by atoms with Gasteiger partial charge in [-0.05, 0) is 36.5 Å². The topological polar surface area (TPSA) is 0 Å². The van der Waals surface area contributed by atoms with Gasteiger partial charge in [-0.25, -0.2) is 0 Å². The third-order valence-electron chi connectivity index (χ3n) is 4.29. The fourth-order valence-corrected chi connectivity index (χ4v) is 2.32. The molecule has 3 atom stereocenters. The maximum atomic E-state index is 4.17. The molecule has 1 rings (SSSR count). The molecule has 3 unspecified atom stereocenters. The highest BCUT2D eigenvalue weighted by Gasteiger charge is 2.40. The fourth-order valence-electron chi connectivity index (χ4n) is 2.32. The molecule has 0 spiro atoms. The first-order valence-corrected chi connectivity index (χ1v) is 5.69. The van der Waals surface area contributed by atoms with Crippen LogP contribution in [-0.4, -0.2) is 0 Å². The van der Waals surface area contributed by atoms with Crippen LogP contribution in [0.1, 0.15) is 53.4 Å². The van der Waals surface area contributed by atoms with Crippen LogP contribution in [0.4, 0.5) is 0 Å². The van der Waals surface area contributed by atoms with Gasteiger partial charge in [-0.2, -0.15) is 0 Å². The van der Waals surface area contributed by atoms with Gasteiger partial charge in [0, 0.05) is 0 Å². The van der Waals surface area contributed by atoms with E-state index in [2.05, 4.69) is 34.3 Å². The highest BCUT2D eigenvalue weighted by molar-refractivity contribution is 5.19. The molecule has 0 aromatic rings. The van der Waals surface area contributed by atoms with Crippen molar-refractivity contribution in [2.75, 3.05) is 0 Å². The van der Waals surface area contributed by atoms with E-state index in [1.165, 1.54) is 31.3 Å². The Hall–Kier alpha value is -0.260. The molecule has 0 aliphatic heterocycles. The van der Waals surface area contributed by atoms with Crippen molar-refractivity contribution in [2.24, 2.45) is 17.3 Å².